The highest BCUT2D eigenvalue weighted by Crippen LogP contribution is 2.22. The van der Waals surface area contributed by atoms with E-state index in [1.807, 2.05) is 33.5 Å². The van der Waals surface area contributed by atoms with Crippen molar-refractivity contribution in [2.75, 3.05) is 23.0 Å². The summed E-state index contributed by atoms with van der Waals surface area (Å²) >= 11 is 4.06. The zero-order valence-electron chi connectivity index (χ0n) is 15.0. The topological polar surface area (TPSA) is 79.3 Å². The smallest absolute Gasteiger partial charge is 0.129 e. The summed E-state index contributed by atoms with van der Waals surface area (Å²) in [7, 11) is 0. The lowest BCUT2D eigenvalue weighted by Crippen LogP contribution is -2.51. The van der Waals surface area contributed by atoms with Gasteiger partial charge in [0, 0.05) is 11.5 Å². The Morgan fingerprint density at radius 2 is 1.17 bits per heavy atom. The van der Waals surface area contributed by atoms with Crippen LogP contribution in [0.5, 0.6) is 0 Å². The average molecular weight is 375 g/mol. The first-order valence-electron chi connectivity index (χ1n) is 8.24. The third kappa shape index (κ3) is 5.91. The molecule has 0 saturated heterocycles. The van der Waals surface area contributed by atoms with Gasteiger partial charge in [-0.15, -0.1) is 11.1 Å². The second-order valence-electron chi connectivity index (χ2n) is 7.03. The molecule has 2 rings (SSSR count). The Balaban J connectivity index is 1.48. The fraction of sp³-hybridized carbons (Fsp3) is 0.857. The molecule has 0 aromatic carbocycles. The molecule has 0 fully saturated rings. The molecule has 0 amide bonds. The van der Waals surface area contributed by atoms with Gasteiger partial charge in [0.05, 0.1) is 11.1 Å². The quantitative estimate of drug-likeness (QED) is 0.404. The molecule has 2 aliphatic heterocycles. The van der Waals surface area contributed by atoms with Crippen molar-refractivity contribution < 1.29 is 0 Å². The van der Waals surface area contributed by atoms with Gasteiger partial charge in [-0.2, -0.15) is 33.7 Å². The fourth-order valence-corrected chi connectivity index (χ4v) is 4.86. The van der Waals surface area contributed by atoms with E-state index in [1.165, 1.54) is 11.5 Å². The van der Waals surface area contributed by atoms with Crippen molar-refractivity contribution in [3.8, 4) is 0 Å². The molecule has 0 unspecified atom stereocenters. The van der Waals surface area contributed by atoms with Crippen LogP contribution in [0.4, 0.5) is 0 Å². The monoisotopic (exact) mass is 374 g/mol. The van der Waals surface area contributed by atoms with E-state index in [4.69, 9.17) is 0 Å². The predicted octanol–water partition coefficient (Wildman–Crippen LogP) is 1.33. The maximum atomic E-state index is 3.97. The number of hydrazone groups is 2. The molecule has 0 radical (unpaired) electrons. The van der Waals surface area contributed by atoms with Crippen LogP contribution in [0.2, 0.25) is 0 Å². The molecule has 0 aromatic rings. The number of rotatable bonds is 11. The highest BCUT2D eigenvalue weighted by atomic mass is 32.2. The molecule has 24 heavy (non-hydrogen) atoms. The second kappa shape index (κ2) is 9.02. The summed E-state index contributed by atoms with van der Waals surface area (Å²) in [4.78, 5) is 0. The number of hydrogen-bond acceptors (Lipinski definition) is 10. The Labute approximate surface area is 153 Å². The summed E-state index contributed by atoms with van der Waals surface area (Å²) < 4.78 is 0. The van der Waals surface area contributed by atoms with Gasteiger partial charge < -0.3 is 0 Å². The Morgan fingerprint density at radius 1 is 0.750 bits per heavy atom. The van der Waals surface area contributed by atoms with Gasteiger partial charge in [0.1, 0.15) is 12.7 Å². The van der Waals surface area contributed by atoms with Gasteiger partial charge in [0.15, 0.2) is 0 Å². The first-order valence-corrected chi connectivity index (χ1v) is 10.5. The number of nitrogens with zero attached hydrogens (tertiary/aromatic N) is 4. The standard InChI is InChI=1S/C14H30N8S2/c1-13(2,21-11-15-17-19-21)5-7-23-9-10-24-8-6-14(3,4)22-12-16-18-20-22/h11-12,17-20H,5-10H2,1-4H3. The lowest BCUT2D eigenvalue weighted by atomic mass is 10.0. The van der Waals surface area contributed by atoms with Crippen LogP contribution in [0.25, 0.3) is 0 Å². The van der Waals surface area contributed by atoms with E-state index in [9.17, 15) is 0 Å². The highest BCUT2D eigenvalue weighted by Gasteiger charge is 2.27. The van der Waals surface area contributed by atoms with E-state index in [0.29, 0.717) is 0 Å². The average Bonchev–Trinajstić information content (AvgIpc) is 3.23. The molecule has 2 aliphatic rings. The van der Waals surface area contributed by atoms with Crippen molar-refractivity contribution in [1.29, 1.82) is 0 Å². The van der Waals surface area contributed by atoms with Gasteiger partial charge >= 0.3 is 0 Å². The maximum absolute atomic E-state index is 3.97. The predicted molar refractivity (Wildman–Crippen MR) is 105 cm³/mol. The van der Waals surface area contributed by atoms with Crippen molar-refractivity contribution in [3.63, 3.8) is 0 Å². The minimum atomic E-state index is 0.0650. The third-order valence-electron chi connectivity index (χ3n) is 4.21. The van der Waals surface area contributed by atoms with Gasteiger partial charge in [0.25, 0.3) is 0 Å². The number of hydrogen-bond donors (Lipinski definition) is 4. The molecule has 138 valence electrons. The van der Waals surface area contributed by atoms with Crippen LogP contribution in [0.15, 0.2) is 10.2 Å². The summed E-state index contributed by atoms with van der Waals surface area (Å²) in [6, 6.07) is 0. The van der Waals surface area contributed by atoms with Gasteiger partial charge in [-0.3, -0.25) is 10.0 Å². The zero-order valence-corrected chi connectivity index (χ0v) is 16.6. The number of thioether (sulfide) groups is 2. The van der Waals surface area contributed by atoms with Crippen molar-refractivity contribution in [1.82, 2.24) is 32.2 Å². The molecule has 0 saturated carbocycles. The van der Waals surface area contributed by atoms with Crippen molar-refractivity contribution in [2.24, 2.45) is 10.2 Å². The second-order valence-corrected chi connectivity index (χ2v) is 9.48. The molecule has 2 heterocycles. The summed E-state index contributed by atoms with van der Waals surface area (Å²) in [5, 5.41) is 12.0. The Bertz CT molecular complexity index is 400. The normalized spacial score (nSPS) is 17.5. The molecule has 0 atom stereocenters. The van der Waals surface area contributed by atoms with Crippen LogP contribution < -0.4 is 22.1 Å². The van der Waals surface area contributed by atoms with Crippen molar-refractivity contribution >= 4 is 36.2 Å². The Morgan fingerprint density at radius 3 is 1.50 bits per heavy atom. The van der Waals surface area contributed by atoms with E-state index in [0.717, 1.165) is 24.3 Å². The highest BCUT2D eigenvalue weighted by molar-refractivity contribution is 8.02. The maximum Gasteiger partial charge on any atom is 0.129 e. The number of nitrogens with one attached hydrogen (secondary N) is 4. The van der Waals surface area contributed by atoms with Crippen LogP contribution in [0.1, 0.15) is 40.5 Å². The van der Waals surface area contributed by atoms with E-state index < -0.39 is 0 Å². The molecule has 0 bridgehead atoms. The Hall–Kier alpha value is -0.840. The van der Waals surface area contributed by atoms with Crippen LogP contribution in [0.3, 0.4) is 0 Å². The SMILES string of the molecule is CC(C)(CCSCCSCCC(C)(C)N1C=NNN1)N1C=NNN1. The molecule has 0 spiro atoms. The molecule has 4 N–H and O–H groups in total. The molecule has 0 aromatic heterocycles. The lowest BCUT2D eigenvalue weighted by molar-refractivity contribution is 0.146. The van der Waals surface area contributed by atoms with Gasteiger partial charge in [-0.05, 0) is 52.0 Å². The molecule has 0 aliphatic carbocycles. The van der Waals surface area contributed by atoms with E-state index in [-0.39, 0.29) is 11.1 Å². The van der Waals surface area contributed by atoms with Gasteiger partial charge in [0.2, 0.25) is 0 Å². The van der Waals surface area contributed by atoms with Crippen LogP contribution in [-0.2, 0) is 0 Å². The first kappa shape index (κ1) is 19.5. The van der Waals surface area contributed by atoms with Crippen LogP contribution >= 0.6 is 23.5 Å². The van der Waals surface area contributed by atoms with Crippen molar-refractivity contribution in [2.45, 2.75) is 51.6 Å². The molecule has 8 nitrogen and oxygen atoms in total. The summed E-state index contributed by atoms with van der Waals surface area (Å²) in [6.45, 7) is 8.89. The largest absolute Gasteiger partial charge is 0.272 e. The van der Waals surface area contributed by atoms with Crippen LogP contribution in [-0.4, -0.2) is 56.8 Å². The van der Waals surface area contributed by atoms with E-state index in [2.05, 4.69) is 60.0 Å². The van der Waals surface area contributed by atoms with Gasteiger partial charge in [-0.1, -0.05) is 0 Å². The molecular formula is C14H30N8S2. The summed E-state index contributed by atoms with van der Waals surface area (Å²) in [6.07, 6.45) is 5.83. The van der Waals surface area contributed by atoms with Crippen LogP contribution in [0, 0.1) is 0 Å². The lowest BCUT2D eigenvalue weighted by Gasteiger charge is -2.33. The summed E-state index contributed by atoms with van der Waals surface area (Å²) in [5.74, 6) is 4.72. The minimum Gasteiger partial charge on any atom is -0.272 e. The molecule has 10 heteroatoms. The fourth-order valence-electron chi connectivity index (χ4n) is 2.22. The van der Waals surface area contributed by atoms with E-state index in [1.54, 1.807) is 12.7 Å². The van der Waals surface area contributed by atoms with Gasteiger partial charge in [-0.25, -0.2) is 11.1 Å². The van der Waals surface area contributed by atoms with E-state index >= 15 is 0 Å². The molecular weight excluding hydrogens is 344 g/mol. The third-order valence-corrected chi connectivity index (χ3v) is 6.44. The first-order chi connectivity index (χ1) is 11.4. The van der Waals surface area contributed by atoms with Crippen molar-refractivity contribution in [3.05, 3.63) is 0 Å². The Kier molecular flexibility index (Phi) is 7.33. The number of hydrazine groups is 4. The summed E-state index contributed by atoms with van der Waals surface area (Å²) in [5.41, 5.74) is 11.7. The zero-order chi connectivity index (χ0) is 17.5. The minimum absolute atomic E-state index is 0.0650.